The predicted octanol–water partition coefficient (Wildman–Crippen LogP) is 2.95. The molecule has 0 bridgehead atoms. The zero-order chi connectivity index (χ0) is 18.6. The lowest BCUT2D eigenvalue weighted by Gasteiger charge is -2.27. The van der Waals surface area contributed by atoms with Crippen molar-refractivity contribution >= 4 is 17.4 Å². The Morgan fingerprint density at radius 3 is 2.67 bits per heavy atom. The van der Waals surface area contributed by atoms with Crippen LogP contribution in [-0.4, -0.2) is 45.8 Å². The standard InChI is InChI=1S/C19H20ClN5O2/c1-24-12-15(14-5-3-2-4-6-14)21-17(24)13-27-18-11-16(22-19(20)23-18)25-7-9-26-10-8-25/h2-6,11-12H,7-10,13H2,1H3. The number of hydrogen-bond acceptors (Lipinski definition) is 6. The second-order valence-electron chi connectivity index (χ2n) is 6.24. The highest BCUT2D eigenvalue weighted by Gasteiger charge is 2.16. The second-order valence-corrected chi connectivity index (χ2v) is 6.58. The largest absolute Gasteiger partial charge is 0.469 e. The number of rotatable bonds is 5. The van der Waals surface area contributed by atoms with Crippen molar-refractivity contribution in [2.45, 2.75) is 6.61 Å². The average Bonchev–Trinajstić information content (AvgIpc) is 3.08. The van der Waals surface area contributed by atoms with Crippen LogP contribution in [0, 0.1) is 0 Å². The smallest absolute Gasteiger partial charge is 0.227 e. The molecule has 3 aromatic rings. The van der Waals surface area contributed by atoms with Crippen LogP contribution in [0.25, 0.3) is 11.3 Å². The summed E-state index contributed by atoms with van der Waals surface area (Å²) in [5, 5.41) is 0.166. The molecule has 0 unspecified atom stereocenters. The first-order chi connectivity index (χ1) is 13.2. The van der Waals surface area contributed by atoms with E-state index in [9.17, 15) is 0 Å². The third kappa shape index (κ3) is 4.20. The molecular formula is C19H20ClN5O2. The number of nitrogens with zero attached hydrogens (tertiary/aromatic N) is 5. The first kappa shape index (κ1) is 17.8. The predicted molar refractivity (Wildman–Crippen MR) is 103 cm³/mol. The van der Waals surface area contributed by atoms with Gasteiger partial charge < -0.3 is 18.9 Å². The maximum Gasteiger partial charge on any atom is 0.227 e. The number of aromatic nitrogens is 4. The Kier molecular flexibility index (Phi) is 5.22. The number of ether oxygens (including phenoxy) is 2. The summed E-state index contributed by atoms with van der Waals surface area (Å²) in [5.74, 6) is 1.98. The van der Waals surface area contributed by atoms with Crippen molar-refractivity contribution in [1.29, 1.82) is 0 Å². The van der Waals surface area contributed by atoms with Crippen molar-refractivity contribution in [1.82, 2.24) is 19.5 Å². The summed E-state index contributed by atoms with van der Waals surface area (Å²) >= 11 is 6.09. The Morgan fingerprint density at radius 1 is 1.11 bits per heavy atom. The number of aryl methyl sites for hydroxylation is 1. The van der Waals surface area contributed by atoms with Gasteiger partial charge in [-0.15, -0.1) is 0 Å². The molecule has 1 aliphatic heterocycles. The van der Waals surface area contributed by atoms with Crippen molar-refractivity contribution in [3.63, 3.8) is 0 Å². The average molecular weight is 386 g/mol. The van der Waals surface area contributed by atoms with E-state index < -0.39 is 0 Å². The number of halogens is 1. The minimum Gasteiger partial charge on any atom is -0.469 e. The molecule has 0 radical (unpaired) electrons. The summed E-state index contributed by atoms with van der Waals surface area (Å²) in [7, 11) is 1.95. The second kappa shape index (κ2) is 7.94. The summed E-state index contributed by atoms with van der Waals surface area (Å²) in [5.41, 5.74) is 1.98. The Bertz CT molecular complexity index is 910. The van der Waals surface area contributed by atoms with Gasteiger partial charge in [0.1, 0.15) is 18.2 Å². The molecule has 4 rings (SSSR count). The Hall–Kier alpha value is -2.64. The van der Waals surface area contributed by atoms with Crippen LogP contribution < -0.4 is 9.64 Å². The van der Waals surface area contributed by atoms with Gasteiger partial charge in [-0.05, 0) is 11.6 Å². The van der Waals surface area contributed by atoms with Crippen molar-refractivity contribution in [2.75, 3.05) is 31.2 Å². The van der Waals surface area contributed by atoms with E-state index in [0.29, 0.717) is 25.7 Å². The fourth-order valence-corrected chi connectivity index (χ4v) is 3.11. The fraction of sp³-hybridized carbons (Fsp3) is 0.316. The van der Waals surface area contributed by atoms with Crippen LogP contribution in [0.2, 0.25) is 5.28 Å². The van der Waals surface area contributed by atoms with Crippen molar-refractivity contribution < 1.29 is 9.47 Å². The SMILES string of the molecule is Cn1cc(-c2ccccc2)nc1COc1cc(N2CCOCC2)nc(Cl)n1. The molecule has 1 saturated heterocycles. The highest BCUT2D eigenvalue weighted by atomic mass is 35.5. The van der Waals surface area contributed by atoms with Crippen LogP contribution in [-0.2, 0) is 18.4 Å². The number of morpholine rings is 1. The van der Waals surface area contributed by atoms with Crippen LogP contribution in [0.1, 0.15) is 5.82 Å². The third-order valence-electron chi connectivity index (χ3n) is 4.39. The van der Waals surface area contributed by atoms with E-state index in [4.69, 9.17) is 21.1 Å². The lowest BCUT2D eigenvalue weighted by Crippen LogP contribution is -2.36. The Morgan fingerprint density at radius 2 is 1.89 bits per heavy atom. The number of benzene rings is 1. The number of hydrogen-bond donors (Lipinski definition) is 0. The Labute approximate surface area is 162 Å². The summed E-state index contributed by atoms with van der Waals surface area (Å²) in [6.07, 6.45) is 1.99. The normalized spacial score (nSPS) is 14.4. The molecule has 7 nitrogen and oxygen atoms in total. The molecule has 8 heteroatoms. The topological polar surface area (TPSA) is 65.3 Å². The maximum atomic E-state index is 6.09. The molecule has 1 aromatic carbocycles. The van der Waals surface area contributed by atoms with Crippen molar-refractivity contribution in [2.24, 2.45) is 7.05 Å². The lowest BCUT2D eigenvalue weighted by molar-refractivity contribution is 0.122. The molecular weight excluding hydrogens is 366 g/mol. The minimum absolute atomic E-state index is 0.166. The summed E-state index contributed by atoms with van der Waals surface area (Å²) in [4.78, 5) is 15.2. The monoisotopic (exact) mass is 385 g/mol. The third-order valence-corrected chi connectivity index (χ3v) is 4.56. The highest BCUT2D eigenvalue weighted by molar-refractivity contribution is 6.28. The van der Waals surface area contributed by atoms with Gasteiger partial charge >= 0.3 is 0 Å². The summed E-state index contributed by atoms with van der Waals surface area (Å²) in [6, 6.07) is 11.9. The summed E-state index contributed by atoms with van der Waals surface area (Å²) in [6.45, 7) is 3.18. The lowest BCUT2D eigenvalue weighted by atomic mass is 10.2. The van der Waals surface area contributed by atoms with E-state index in [2.05, 4.69) is 19.9 Å². The maximum absolute atomic E-state index is 6.09. The molecule has 0 aliphatic carbocycles. The van der Waals surface area contributed by atoms with Gasteiger partial charge in [-0.25, -0.2) is 9.97 Å². The van der Waals surface area contributed by atoms with Crippen molar-refractivity contribution in [3.8, 4) is 17.1 Å². The first-order valence-corrected chi connectivity index (χ1v) is 9.14. The molecule has 1 fully saturated rings. The van der Waals surface area contributed by atoms with Gasteiger partial charge in [-0.1, -0.05) is 30.3 Å². The quantitative estimate of drug-likeness (QED) is 0.629. The van der Waals surface area contributed by atoms with Gasteiger partial charge in [-0.3, -0.25) is 0 Å². The van der Waals surface area contributed by atoms with Crippen molar-refractivity contribution in [3.05, 3.63) is 53.7 Å². The molecule has 0 atom stereocenters. The fourth-order valence-electron chi connectivity index (χ4n) is 2.94. The zero-order valence-electron chi connectivity index (χ0n) is 15.0. The van der Waals surface area contributed by atoms with E-state index in [1.165, 1.54) is 0 Å². The van der Waals surface area contributed by atoms with E-state index in [1.54, 1.807) is 6.07 Å². The van der Waals surface area contributed by atoms with E-state index in [1.807, 2.05) is 48.1 Å². The van der Waals surface area contributed by atoms with Gasteiger partial charge in [0.25, 0.3) is 0 Å². The van der Waals surface area contributed by atoms with Crippen LogP contribution in [0.5, 0.6) is 5.88 Å². The molecule has 0 spiro atoms. The zero-order valence-corrected chi connectivity index (χ0v) is 15.8. The number of imidazole rings is 1. The van der Waals surface area contributed by atoms with Crippen LogP contribution in [0.15, 0.2) is 42.6 Å². The van der Waals surface area contributed by atoms with Gasteiger partial charge in [-0.2, -0.15) is 4.98 Å². The first-order valence-electron chi connectivity index (χ1n) is 8.77. The van der Waals surface area contributed by atoms with E-state index in [-0.39, 0.29) is 5.28 Å². The molecule has 140 valence electrons. The van der Waals surface area contributed by atoms with Crippen LogP contribution >= 0.6 is 11.6 Å². The molecule has 27 heavy (non-hydrogen) atoms. The number of anilines is 1. The van der Waals surface area contributed by atoms with E-state index in [0.717, 1.165) is 36.0 Å². The molecule has 0 amide bonds. The van der Waals surface area contributed by atoms with E-state index >= 15 is 0 Å². The van der Waals surface area contributed by atoms with Crippen LogP contribution in [0.4, 0.5) is 5.82 Å². The molecule has 2 aromatic heterocycles. The van der Waals surface area contributed by atoms with Crippen LogP contribution in [0.3, 0.4) is 0 Å². The van der Waals surface area contributed by atoms with Gasteiger partial charge in [0.2, 0.25) is 11.2 Å². The molecule has 0 saturated carbocycles. The minimum atomic E-state index is 0.166. The molecule has 1 aliphatic rings. The Balaban J connectivity index is 1.49. The van der Waals surface area contributed by atoms with Gasteiger partial charge in [0.15, 0.2) is 0 Å². The molecule has 0 N–H and O–H groups in total. The summed E-state index contributed by atoms with van der Waals surface area (Å²) < 4.78 is 13.2. The van der Waals surface area contributed by atoms with Gasteiger partial charge in [0, 0.05) is 38.0 Å². The van der Waals surface area contributed by atoms with Gasteiger partial charge in [0.05, 0.1) is 18.9 Å². The highest BCUT2D eigenvalue weighted by Crippen LogP contribution is 2.22. The molecule has 3 heterocycles.